The van der Waals surface area contributed by atoms with Crippen molar-refractivity contribution >= 4 is 0 Å². The maximum absolute atomic E-state index is 5.56. The average molecular weight is 230 g/mol. The molecule has 90 valence electrons. The highest BCUT2D eigenvalue weighted by Gasteiger charge is 2.05. The van der Waals surface area contributed by atoms with E-state index < -0.39 is 0 Å². The van der Waals surface area contributed by atoms with Crippen LogP contribution >= 0.6 is 0 Å². The first kappa shape index (κ1) is 11.8. The molecule has 0 saturated heterocycles. The Morgan fingerprint density at radius 2 is 1.88 bits per heavy atom. The second-order valence-electron chi connectivity index (χ2n) is 4.26. The van der Waals surface area contributed by atoms with E-state index in [1.54, 1.807) is 4.68 Å². The van der Waals surface area contributed by atoms with E-state index in [2.05, 4.69) is 41.3 Å². The first-order valence-corrected chi connectivity index (χ1v) is 5.83. The number of aryl methyl sites for hydroxylation is 4. The predicted octanol–water partition coefficient (Wildman–Crippen LogP) is 1.37. The highest BCUT2D eigenvalue weighted by Crippen LogP contribution is 2.07. The van der Waals surface area contributed by atoms with Crippen LogP contribution in [0.1, 0.15) is 22.8 Å². The Kier molecular flexibility index (Phi) is 3.54. The molecule has 1 aromatic heterocycles. The molecule has 4 nitrogen and oxygen atoms in total. The fourth-order valence-corrected chi connectivity index (χ4v) is 1.77. The van der Waals surface area contributed by atoms with Crippen LogP contribution in [0, 0.1) is 6.92 Å². The third kappa shape index (κ3) is 2.91. The molecular weight excluding hydrogens is 212 g/mol. The normalized spacial score (nSPS) is 10.8. The van der Waals surface area contributed by atoms with E-state index in [4.69, 9.17) is 5.73 Å². The molecule has 0 atom stereocenters. The summed E-state index contributed by atoms with van der Waals surface area (Å²) in [4.78, 5) is 4.39. The van der Waals surface area contributed by atoms with Crippen molar-refractivity contribution in [1.29, 1.82) is 0 Å². The monoisotopic (exact) mass is 230 g/mol. The zero-order chi connectivity index (χ0) is 12.3. The molecule has 2 aromatic rings. The summed E-state index contributed by atoms with van der Waals surface area (Å²) in [6, 6.07) is 8.57. The van der Waals surface area contributed by atoms with Gasteiger partial charge < -0.3 is 5.73 Å². The average Bonchev–Trinajstić information content (AvgIpc) is 2.69. The minimum absolute atomic E-state index is 0.439. The number of benzene rings is 1. The molecule has 4 heteroatoms. The molecule has 0 spiro atoms. The molecule has 0 bridgehead atoms. The molecule has 0 radical (unpaired) electrons. The van der Waals surface area contributed by atoms with Crippen molar-refractivity contribution in [2.45, 2.75) is 26.3 Å². The van der Waals surface area contributed by atoms with Crippen LogP contribution in [0.4, 0.5) is 0 Å². The van der Waals surface area contributed by atoms with Gasteiger partial charge in [0.1, 0.15) is 5.82 Å². The fraction of sp³-hybridized carbons (Fsp3) is 0.385. The van der Waals surface area contributed by atoms with Gasteiger partial charge in [0.15, 0.2) is 5.82 Å². The van der Waals surface area contributed by atoms with Crippen molar-refractivity contribution in [3.8, 4) is 0 Å². The Morgan fingerprint density at radius 3 is 2.47 bits per heavy atom. The predicted molar refractivity (Wildman–Crippen MR) is 67.5 cm³/mol. The fourth-order valence-electron chi connectivity index (χ4n) is 1.77. The third-order valence-corrected chi connectivity index (χ3v) is 2.84. The van der Waals surface area contributed by atoms with Crippen molar-refractivity contribution < 1.29 is 0 Å². The van der Waals surface area contributed by atoms with Crippen LogP contribution < -0.4 is 5.73 Å². The first-order chi connectivity index (χ1) is 8.19. The maximum atomic E-state index is 5.56. The summed E-state index contributed by atoms with van der Waals surface area (Å²) in [6.45, 7) is 2.53. The van der Waals surface area contributed by atoms with Gasteiger partial charge in [-0.25, -0.2) is 4.98 Å². The van der Waals surface area contributed by atoms with Gasteiger partial charge >= 0.3 is 0 Å². The Morgan fingerprint density at radius 1 is 1.18 bits per heavy atom. The Bertz CT molecular complexity index is 485. The van der Waals surface area contributed by atoms with E-state index in [-0.39, 0.29) is 0 Å². The van der Waals surface area contributed by atoms with E-state index in [0.717, 1.165) is 24.5 Å². The molecule has 0 saturated carbocycles. The number of hydrogen-bond acceptors (Lipinski definition) is 3. The van der Waals surface area contributed by atoms with E-state index in [1.807, 2.05) is 7.05 Å². The molecule has 0 unspecified atom stereocenters. The first-order valence-electron chi connectivity index (χ1n) is 5.83. The zero-order valence-corrected chi connectivity index (χ0v) is 10.3. The summed E-state index contributed by atoms with van der Waals surface area (Å²) in [5, 5.41) is 4.34. The lowest BCUT2D eigenvalue weighted by molar-refractivity contribution is 0.692. The molecular formula is C13H18N4. The maximum Gasteiger partial charge on any atom is 0.151 e. The lowest BCUT2D eigenvalue weighted by Crippen LogP contribution is -2.05. The molecule has 1 aromatic carbocycles. The summed E-state index contributed by atoms with van der Waals surface area (Å²) in [5.74, 6) is 1.71. The summed E-state index contributed by atoms with van der Waals surface area (Å²) in [6.07, 6.45) is 1.82. The minimum Gasteiger partial charge on any atom is -0.324 e. The number of hydrogen-bond donors (Lipinski definition) is 1. The number of aromatic nitrogens is 3. The van der Waals surface area contributed by atoms with Crippen LogP contribution in [0.5, 0.6) is 0 Å². The smallest absolute Gasteiger partial charge is 0.151 e. The van der Waals surface area contributed by atoms with Crippen molar-refractivity contribution in [1.82, 2.24) is 14.8 Å². The van der Waals surface area contributed by atoms with Crippen LogP contribution in [0.2, 0.25) is 0 Å². The number of nitrogens with two attached hydrogens (primary N) is 1. The van der Waals surface area contributed by atoms with Crippen LogP contribution in [0.3, 0.4) is 0 Å². The lowest BCUT2D eigenvalue weighted by Gasteiger charge is -1.99. The Balaban J connectivity index is 1.99. The van der Waals surface area contributed by atoms with Gasteiger partial charge in [-0.05, 0) is 18.9 Å². The molecule has 0 fully saturated rings. The molecule has 2 rings (SSSR count). The topological polar surface area (TPSA) is 56.7 Å². The third-order valence-electron chi connectivity index (χ3n) is 2.84. The van der Waals surface area contributed by atoms with Crippen LogP contribution in [0.25, 0.3) is 0 Å². The lowest BCUT2D eigenvalue weighted by atomic mass is 10.1. The standard InChI is InChI=1S/C13H18N4/c1-10-3-5-11(6-4-10)7-8-12-15-13(9-14)17(2)16-12/h3-6H,7-9,14H2,1-2H3. The summed E-state index contributed by atoms with van der Waals surface area (Å²) in [7, 11) is 1.88. The molecule has 1 heterocycles. The van der Waals surface area contributed by atoms with E-state index in [1.165, 1.54) is 11.1 Å². The van der Waals surface area contributed by atoms with Crippen LogP contribution in [-0.2, 0) is 26.4 Å². The molecule has 0 aliphatic heterocycles. The molecule has 17 heavy (non-hydrogen) atoms. The van der Waals surface area contributed by atoms with Gasteiger partial charge in [-0.3, -0.25) is 4.68 Å². The molecule has 0 aliphatic carbocycles. The largest absolute Gasteiger partial charge is 0.324 e. The minimum atomic E-state index is 0.439. The molecule has 2 N–H and O–H groups in total. The van der Waals surface area contributed by atoms with Crippen molar-refractivity contribution in [2.24, 2.45) is 12.8 Å². The highest BCUT2D eigenvalue weighted by molar-refractivity contribution is 5.21. The van der Waals surface area contributed by atoms with E-state index >= 15 is 0 Å². The number of nitrogens with zero attached hydrogens (tertiary/aromatic N) is 3. The van der Waals surface area contributed by atoms with Crippen LogP contribution in [-0.4, -0.2) is 14.8 Å². The summed E-state index contributed by atoms with van der Waals surface area (Å²) in [5.41, 5.74) is 8.17. The van der Waals surface area contributed by atoms with Gasteiger partial charge in [0.05, 0.1) is 6.54 Å². The van der Waals surface area contributed by atoms with E-state index in [9.17, 15) is 0 Å². The quantitative estimate of drug-likeness (QED) is 0.863. The van der Waals surface area contributed by atoms with Gasteiger partial charge in [-0.15, -0.1) is 0 Å². The highest BCUT2D eigenvalue weighted by atomic mass is 15.3. The number of rotatable bonds is 4. The zero-order valence-electron chi connectivity index (χ0n) is 10.3. The van der Waals surface area contributed by atoms with Gasteiger partial charge in [0.25, 0.3) is 0 Å². The summed E-state index contributed by atoms with van der Waals surface area (Å²) >= 11 is 0. The second kappa shape index (κ2) is 5.10. The van der Waals surface area contributed by atoms with Crippen molar-refractivity contribution in [2.75, 3.05) is 0 Å². The van der Waals surface area contributed by atoms with Gasteiger partial charge in [0, 0.05) is 13.5 Å². The molecule has 0 amide bonds. The Labute approximate surface area is 101 Å². The molecule has 0 aliphatic rings. The van der Waals surface area contributed by atoms with Crippen molar-refractivity contribution in [3.05, 3.63) is 47.0 Å². The van der Waals surface area contributed by atoms with Crippen molar-refractivity contribution in [3.63, 3.8) is 0 Å². The Hall–Kier alpha value is -1.68. The SMILES string of the molecule is Cc1ccc(CCc2nc(CN)n(C)n2)cc1. The summed E-state index contributed by atoms with van der Waals surface area (Å²) < 4.78 is 1.75. The van der Waals surface area contributed by atoms with Crippen LogP contribution in [0.15, 0.2) is 24.3 Å². The van der Waals surface area contributed by atoms with Gasteiger partial charge in [0.2, 0.25) is 0 Å². The second-order valence-corrected chi connectivity index (χ2v) is 4.26. The van der Waals surface area contributed by atoms with E-state index in [0.29, 0.717) is 6.54 Å². The van der Waals surface area contributed by atoms with Gasteiger partial charge in [-0.2, -0.15) is 5.10 Å². The van der Waals surface area contributed by atoms with Gasteiger partial charge in [-0.1, -0.05) is 29.8 Å².